The fraction of sp³-hybridized carbons (Fsp3) is 0.538. The van der Waals surface area contributed by atoms with Gasteiger partial charge in [0.05, 0.1) is 5.69 Å². The van der Waals surface area contributed by atoms with Gasteiger partial charge >= 0.3 is 0 Å². The second kappa shape index (κ2) is 7.47. The van der Waals surface area contributed by atoms with Crippen LogP contribution in [0.4, 0.5) is 11.4 Å². The van der Waals surface area contributed by atoms with Gasteiger partial charge in [-0.3, -0.25) is 0 Å². The predicted octanol–water partition coefficient (Wildman–Crippen LogP) is 0.931. The van der Waals surface area contributed by atoms with Crippen LogP contribution in [0.1, 0.15) is 13.3 Å². The van der Waals surface area contributed by atoms with Gasteiger partial charge in [-0.1, -0.05) is 0 Å². The zero-order valence-corrected chi connectivity index (χ0v) is 13.1. The SMILES string of the molecule is CCNc1ccc(N)cc1S(=O)(=O)NCCCN(C)C. The van der Waals surface area contributed by atoms with E-state index in [9.17, 15) is 8.42 Å². The van der Waals surface area contributed by atoms with E-state index >= 15 is 0 Å². The summed E-state index contributed by atoms with van der Waals surface area (Å²) in [6.07, 6.45) is 0.755. The quantitative estimate of drug-likeness (QED) is 0.491. The van der Waals surface area contributed by atoms with Crippen molar-refractivity contribution in [2.45, 2.75) is 18.2 Å². The van der Waals surface area contributed by atoms with Crippen molar-refractivity contribution in [2.24, 2.45) is 0 Å². The Hall–Kier alpha value is -1.31. The van der Waals surface area contributed by atoms with Crippen LogP contribution >= 0.6 is 0 Å². The zero-order chi connectivity index (χ0) is 15.2. The largest absolute Gasteiger partial charge is 0.399 e. The van der Waals surface area contributed by atoms with Gasteiger partial charge in [-0.05, 0) is 52.2 Å². The molecule has 0 amide bonds. The Morgan fingerprint density at radius 2 is 2.00 bits per heavy atom. The normalized spacial score (nSPS) is 11.8. The van der Waals surface area contributed by atoms with Crippen molar-refractivity contribution in [3.05, 3.63) is 18.2 Å². The standard InChI is InChI=1S/C13H24N4O2S/c1-4-15-12-7-6-11(14)10-13(12)20(18,19)16-8-5-9-17(2)3/h6-7,10,15-16H,4-5,8-9,14H2,1-3H3. The average molecular weight is 300 g/mol. The molecule has 1 aromatic rings. The van der Waals surface area contributed by atoms with E-state index in [0.29, 0.717) is 24.5 Å². The Labute approximate surface area is 121 Å². The molecule has 1 rings (SSSR count). The van der Waals surface area contributed by atoms with Crippen molar-refractivity contribution >= 4 is 21.4 Å². The lowest BCUT2D eigenvalue weighted by Gasteiger charge is -2.14. The number of nitrogens with zero attached hydrogens (tertiary/aromatic N) is 1. The van der Waals surface area contributed by atoms with Gasteiger partial charge in [0, 0.05) is 18.8 Å². The lowest BCUT2D eigenvalue weighted by atomic mass is 10.3. The highest BCUT2D eigenvalue weighted by Crippen LogP contribution is 2.23. The maximum atomic E-state index is 12.3. The number of nitrogen functional groups attached to an aromatic ring is 1. The van der Waals surface area contributed by atoms with Crippen LogP contribution in [-0.4, -0.2) is 47.0 Å². The van der Waals surface area contributed by atoms with Crippen LogP contribution in [0, 0.1) is 0 Å². The van der Waals surface area contributed by atoms with Crippen molar-refractivity contribution < 1.29 is 8.42 Å². The maximum absolute atomic E-state index is 12.3. The molecule has 0 spiro atoms. The number of nitrogens with two attached hydrogens (primary N) is 1. The van der Waals surface area contributed by atoms with E-state index in [0.717, 1.165) is 13.0 Å². The number of rotatable bonds is 8. The summed E-state index contributed by atoms with van der Waals surface area (Å²) < 4.78 is 27.2. The van der Waals surface area contributed by atoms with Crippen LogP contribution in [0.5, 0.6) is 0 Å². The number of hydrogen-bond donors (Lipinski definition) is 3. The fourth-order valence-corrected chi connectivity index (χ4v) is 3.07. The molecular formula is C13H24N4O2S. The molecule has 6 nitrogen and oxygen atoms in total. The highest BCUT2D eigenvalue weighted by atomic mass is 32.2. The zero-order valence-electron chi connectivity index (χ0n) is 12.3. The summed E-state index contributed by atoms with van der Waals surface area (Å²) >= 11 is 0. The minimum Gasteiger partial charge on any atom is -0.399 e. The van der Waals surface area contributed by atoms with E-state index in [4.69, 9.17) is 5.73 Å². The summed E-state index contributed by atoms with van der Waals surface area (Å²) in [4.78, 5) is 2.21. The van der Waals surface area contributed by atoms with E-state index in [1.54, 1.807) is 12.1 Å². The lowest BCUT2D eigenvalue weighted by molar-refractivity contribution is 0.400. The third kappa shape index (κ3) is 4.99. The lowest BCUT2D eigenvalue weighted by Crippen LogP contribution is -2.28. The van der Waals surface area contributed by atoms with Crippen LogP contribution in [0.3, 0.4) is 0 Å². The average Bonchev–Trinajstić information content (AvgIpc) is 2.37. The topological polar surface area (TPSA) is 87.5 Å². The van der Waals surface area contributed by atoms with Gasteiger partial charge in [0.15, 0.2) is 0 Å². The molecule has 0 aliphatic carbocycles. The first-order valence-corrected chi connectivity index (χ1v) is 8.13. The Kier molecular flexibility index (Phi) is 6.25. The van der Waals surface area contributed by atoms with E-state index in [-0.39, 0.29) is 4.90 Å². The molecule has 0 radical (unpaired) electrons. The Bertz CT molecular complexity index is 529. The predicted molar refractivity (Wildman–Crippen MR) is 83.4 cm³/mol. The summed E-state index contributed by atoms with van der Waals surface area (Å²) in [6, 6.07) is 4.85. The Morgan fingerprint density at radius 3 is 2.60 bits per heavy atom. The molecule has 0 bridgehead atoms. The highest BCUT2D eigenvalue weighted by molar-refractivity contribution is 7.89. The Morgan fingerprint density at radius 1 is 1.30 bits per heavy atom. The van der Waals surface area contributed by atoms with Crippen LogP contribution in [0.25, 0.3) is 0 Å². The molecule has 0 saturated heterocycles. The molecule has 0 fully saturated rings. The van der Waals surface area contributed by atoms with Crippen molar-refractivity contribution in [1.82, 2.24) is 9.62 Å². The van der Waals surface area contributed by atoms with Crippen molar-refractivity contribution in [3.63, 3.8) is 0 Å². The molecule has 114 valence electrons. The number of nitrogens with one attached hydrogen (secondary N) is 2. The van der Waals surface area contributed by atoms with Gasteiger partial charge < -0.3 is 16.0 Å². The first-order valence-electron chi connectivity index (χ1n) is 6.64. The van der Waals surface area contributed by atoms with Crippen molar-refractivity contribution in [1.29, 1.82) is 0 Å². The monoisotopic (exact) mass is 300 g/mol. The molecule has 0 atom stereocenters. The summed E-state index contributed by atoms with van der Waals surface area (Å²) in [5.74, 6) is 0. The highest BCUT2D eigenvalue weighted by Gasteiger charge is 2.18. The Balaban J connectivity index is 2.83. The van der Waals surface area contributed by atoms with Crippen LogP contribution < -0.4 is 15.8 Å². The second-order valence-electron chi connectivity index (χ2n) is 4.84. The summed E-state index contributed by atoms with van der Waals surface area (Å²) in [7, 11) is 0.363. The number of hydrogen-bond acceptors (Lipinski definition) is 5. The van der Waals surface area contributed by atoms with E-state index < -0.39 is 10.0 Å². The molecule has 0 aliphatic heterocycles. The second-order valence-corrected chi connectivity index (χ2v) is 6.58. The van der Waals surface area contributed by atoms with Gasteiger partial charge in [0.1, 0.15) is 4.90 Å². The van der Waals surface area contributed by atoms with Crippen LogP contribution in [-0.2, 0) is 10.0 Å². The number of sulfonamides is 1. The molecule has 0 saturated carbocycles. The summed E-state index contributed by atoms with van der Waals surface area (Å²) in [5, 5.41) is 3.04. The van der Waals surface area contributed by atoms with Crippen LogP contribution in [0.15, 0.2) is 23.1 Å². The van der Waals surface area contributed by atoms with Crippen molar-refractivity contribution in [3.8, 4) is 0 Å². The van der Waals surface area contributed by atoms with E-state index in [1.807, 2.05) is 25.9 Å². The van der Waals surface area contributed by atoms with E-state index in [1.165, 1.54) is 6.07 Å². The molecule has 0 heterocycles. The summed E-state index contributed by atoms with van der Waals surface area (Å²) in [5.41, 5.74) is 6.69. The summed E-state index contributed by atoms with van der Waals surface area (Å²) in [6.45, 7) is 3.80. The minimum atomic E-state index is -3.54. The molecule has 20 heavy (non-hydrogen) atoms. The first kappa shape index (κ1) is 16.7. The third-order valence-electron chi connectivity index (χ3n) is 2.74. The smallest absolute Gasteiger partial charge is 0.242 e. The molecule has 4 N–H and O–H groups in total. The molecule has 7 heteroatoms. The fourth-order valence-electron chi connectivity index (χ4n) is 1.78. The van der Waals surface area contributed by atoms with Gasteiger partial charge in [-0.2, -0.15) is 0 Å². The van der Waals surface area contributed by atoms with Crippen LogP contribution in [0.2, 0.25) is 0 Å². The van der Waals surface area contributed by atoms with E-state index in [2.05, 4.69) is 10.0 Å². The minimum absolute atomic E-state index is 0.198. The molecule has 0 aliphatic rings. The molecule has 0 unspecified atom stereocenters. The van der Waals surface area contributed by atoms with Gasteiger partial charge in [0.25, 0.3) is 0 Å². The third-order valence-corrected chi connectivity index (χ3v) is 4.24. The molecule has 0 aromatic heterocycles. The first-order chi connectivity index (χ1) is 9.36. The number of anilines is 2. The molecular weight excluding hydrogens is 276 g/mol. The number of benzene rings is 1. The van der Waals surface area contributed by atoms with Crippen molar-refractivity contribution in [2.75, 3.05) is 44.8 Å². The van der Waals surface area contributed by atoms with Gasteiger partial charge in [-0.15, -0.1) is 0 Å². The molecule has 1 aromatic carbocycles. The van der Waals surface area contributed by atoms with Gasteiger partial charge in [0.2, 0.25) is 10.0 Å². The maximum Gasteiger partial charge on any atom is 0.242 e. The van der Waals surface area contributed by atoms with Gasteiger partial charge in [-0.25, -0.2) is 13.1 Å².